The molecule has 3 aromatic carbocycles. The zero-order chi connectivity index (χ0) is 24.7. The number of rotatable bonds is 11. The Balaban J connectivity index is 1.66. The Morgan fingerprint density at radius 2 is 1.46 bits per heavy atom. The van der Waals surface area contributed by atoms with Crippen LogP contribution in [0.25, 0.3) is 0 Å². The number of alkyl carbamates (subject to hydrolysis) is 1. The number of hydrogen-bond acceptors (Lipinski definition) is 5. The lowest BCUT2D eigenvalue weighted by atomic mass is 10.0. The first kappa shape index (κ1) is 25.4. The maximum absolute atomic E-state index is 12.0. The molecular weight excluding hydrogens is 440 g/mol. The van der Waals surface area contributed by atoms with Crippen LogP contribution in [0.4, 0.5) is 4.79 Å². The van der Waals surface area contributed by atoms with Crippen LogP contribution in [0.5, 0.6) is 0 Å². The van der Waals surface area contributed by atoms with Crippen LogP contribution in [0.2, 0.25) is 0 Å². The molecule has 0 unspecified atom stereocenters. The molecule has 6 nitrogen and oxygen atoms in total. The van der Waals surface area contributed by atoms with E-state index in [4.69, 9.17) is 14.5 Å². The molecule has 0 saturated carbocycles. The molecular formula is C29H30N2O4. The summed E-state index contributed by atoms with van der Waals surface area (Å²) in [6.45, 7) is 0.649. The molecule has 1 N–H and O–H groups in total. The van der Waals surface area contributed by atoms with E-state index in [9.17, 15) is 9.59 Å². The summed E-state index contributed by atoms with van der Waals surface area (Å²) in [7, 11) is 1.34. The lowest BCUT2D eigenvalue weighted by molar-refractivity contribution is -0.134. The highest BCUT2D eigenvalue weighted by atomic mass is 16.5. The van der Waals surface area contributed by atoms with Crippen molar-refractivity contribution in [1.29, 1.82) is 0 Å². The maximum atomic E-state index is 12.0. The van der Waals surface area contributed by atoms with E-state index in [2.05, 4.69) is 5.32 Å². The molecule has 0 heterocycles. The van der Waals surface area contributed by atoms with Gasteiger partial charge in [0.2, 0.25) is 0 Å². The number of esters is 1. The van der Waals surface area contributed by atoms with E-state index in [-0.39, 0.29) is 12.6 Å². The van der Waals surface area contributed by atoms with Crippen molar-refractivity contribution in [3.8, 4) is 0 Å². The molecule has 0 saturated heterocycles. The summed E-state index contributed by atoms with van der Waals surface area (Å²) < 4.78 is 10.0. The Hall–Kier alpha value is -4.19. The van der Waals surface area contributed by atoms with Crippen molar-refractivity contribution in [3.05, 3.63) is 120 Å². The summed E-state index contributed by atoms with van der Waals surface area (Å²) in [4.78, 5) is 28.7. The van der Waals surface area contributed by atoms with Crippen LogP contribution in [-0.4, -0.2) is 37.5 Å². The predicted molar refractivity (Wildman–Crippen MR) is 137 cm³/mol. The van der Waals surface area contributed by atoms with Crippen LogP contribution < -0.4 is 5.32 Å². The Labute approximate surface area is 206 Å². The van der Waals surface area contributed by atoms with Crippen molar-refractivity contribution in [3.63, 3.8) is 0 Å². The van der Waals surface area contributed by atoms with Gasteiger partial charge in [0.1, 0.15) is 6.61 Å². The van der Waals surface area contributed by atoms with Gasteiger partial charge in [-0.25, -0.2) is 9.59 Å². The molecule has 0 fully saturated rings. The van der Waals surface area contributed by atoms with Crippen LogP contribution in [0.1, 0.15) is 29.5 Å². The molecule has 0 bridgehead atoms. The van der Waals surface area contributed by atoms with Crippen LogP contribution in [0.3, 0.4) is 0 Å². The third kappa shape index (κ3) is 8.93. The molecule has 0 aliphatic heterocycles. The first-order chi connectivity index (χ1) is 17.2. The number of benzene rings is 3. The summed E-state index contributed by atoms with van der Waals surface area (Å²) in [6.07, 6.45) is 3.94. The van der Waals surface area contributed by atoms with E-state index < -0.39 is 12.1 Å². The highest BCUT2D eigenvalue weighted by molar-refractivity contribution is 6.13. The largest absolute Gasteiger partial charge is 0.466 e. The van der Waals surface area contributed by atoms with Gasteiger partial charge in [0.05, 0.1) is 18.9 Å². The topological polar surface area (TPSA) is 77.0 Å². The molecule has 3 aromatic rings. The van der Waals surface area contributed by atoms with E-state index >= 15 is 0 Å². The monoisotopic (exact) mass is 470 g/mol. The quantitative estimate of drug-likeness (QED) is 0.178. The molecule has 1 atom stereocenters. The zero-order valence-corrected chi connectivity index (χ0v) is 19.8. The number of ether oxygens (including phenoxy) is 2. The number of amides is 1. The summed E-state index contributed by atoms with van der Waals surface area (Å²) >= 11 is 0. The fourth-order valence-electron chi connectivity index (χ4n) is 3.41. The van der Waals surface area contributed by atoms with Crippen LogP contribution in [0, 0.1) is 0 Å². The van der Waals surface area contributed by atoms with Gasteiger partial charge in [0.15, 0.2) is 0 Å². The SMILES string of the molecule is COC(=O)/C=C\[C@H](CCCNC(=O)OCc1ccccc1)N=C(c1ccccc1)c1ccccc1. The van der Waals surface area contributed by atoms with E-state index in [1.807, 2.05) is 91.0 Å². The molecule has 3 rings (SSSR count). The summed E-state index contributed by atoms with van der Waals surface area (Å²) in [5.41, 5.74) is 3.73. The second-order valence-electron chi connectivity index (χ2n) is 7.79. The minimum atomic E-state index is -0.465. The third-order valence-electron chi connectivity index (χ3n) is 5.20. The number of nitrogens with one attached hydrogen (secondary N) is 1. The fraction of sp³-hybridized carbons (Fsp3) is 0.207. The van der Waals surface area contributed by atoms with Gasteiger partial charge in [-0.2, -0.15) is 0 Å². The second kappa shape index (κ2) is 14.2. The Bertz CT molecular complexity index is 1070. The number of aliphatic imine (C=N–C) groups is 1. The van der Waals surface area contributed by atoms with Crippen molar-refractivity contribution in [2.75, 3.05) is 13.7 Å². The second-order valence-corrected chi connectivity index (χ2v) is 7.79. The molecule has 6 heteroatoms. The van der Waals surface area contributed by atoms with E-state index in [1.54, 1.807) is 6.08 Å². The lowest BCUT2D eigenvalue weighted by Crippen LogP contribution is -2.25. The molecule has 0 aliphatic rings. The predicted octanol–water partition coefficient (Wildman–Crippen LogP) is 5.33. The first-order valence-electron chi connectivity index (χ1n) is 11.5. The Kier molecular flexibility index (Phi) is 10.3. The van der Waals surface area contributed by atoms with Gasteiger partial charge in [0.25, 0.3) is 0 Å². The highest BCUT2D eigenvalue weighted by Gasteiger charge is 2.11. The molecule has 0 aliphatic carbocycles. The van der Waals surface area contributed by atoms with Gasteiger partial charge in [-0.3, -0.25) is 4.99 Å². The fourth-order valence-corrected chi connectivity index (χ4v) is 3.41. The van der Waals surface area contributed by atoms with Crippen molar-refractivity contribution < 1.29 is 19.1 Å². The lowest BCUT2D eigenvalue weighted by Gasteiger charge is -2.14. The van der Waals surface area contributed by atoms with Crippen molar-refractivity contribution in [2.45, 2.75) is 25.5 Å². The van der Waals surface area contributed by atoms with Crippen molar-refractivity contribution >= 4 is 17.8 Å². The summed E-state index contributed by atoms with van der Waals surface area (Å²) in [6, 6.07) is 29.1. The minimum Gasteiger partial charge on any atom is -0.466 e. The van der Waals surface area contributed by atoms with E-state index in [0.29, 0.717) is 19.4 Å². The molecule has 180 valence electrons. The first-order valence-corrected chi connectivity index (χ1v) is 11.5. The smallest absolute Gasteiger partial charge is 0.407 e. The van der Waals surface area contributed by atoms with Crippen LogP contribution >= 0.6 is 0 Å². The van der Waals surface area contributed by atoms with Crippen LogP contribution in [-0.2, 0) is 20.9 Å². The summed E-state index contributed by atoms with van der Waals surface area (Å²) in [5, 5.41) is 2.78. The van der Waals surface area contributed by atoms with Gasteiger partial charge in [-0.1, -0.05) is 97.1 Å². The zero-order valence-electron chi connectivity index (χ0n) is 19.8. The molecule has 1 amide bonds. The minimum absolute atomic E-state index is 0.221. The Morgan fingerprint density at radius 1 is 0.886 bits per heavy atom. The number of carbonyl (C=O) groups excluding carboxylic acids is 2. The normalized spacial score (nSPS) is 11.5. The third-order valence-corrected chi connectivity index (χ3v) is 5.20. The van der Waals surface area contributed by atoms with Gasteiger partial charge in [-0.05, 0) is 18.4 Å². The summed E-state index contributed by atoms with van der Waals surface area (Å²) in [5.74, 6) is -0.436. The van der Waals surface area contributed by atoms with E-state index in [0.717, 1.165) is 22.4 Å². The number of methoxy groups -OCH3 is 1. The average molecular weight is 471 g/mol. The molecule has 0 aromatic heterocycles. The number of carbonyl (C=O) groups is 2. The average Bonchev–Trinajstić information content (AvgIpc) is 2.92. The molecule has 0 spiro atoms. The van der Waals surface area contributed by atoms with Crippen LogP contribution in [0.15, 0.2) is 108 Å². The highest BCUT2D eigenvalue weighted by Crippen LogP contribution is 2.15. The molecule has 35 heavy (non-hydrogen) atoms. The van der Waals surface area contributed by atoms with E-state index in [1.165, 1.54) is 13.2 Å². The Morgan fingerprint density at radius 3 is 2.03 bits per heavy atom. The van der Waals surface area contributed by atoms with Gasteiger partial charge in [-0.15, -0.1) is 0 Å². The van der Waals surface area contributed by atoms with Gasteiger partial charge in [0, 0.05) is 23.7 Å². The van der Waals surface area contributed by atoms with Crippen molar-refractivity contribution in [1.82, 2.24) is 5.32 Å². The maximum Gasteiger partial charge on any atom is 0.407 e. The molecule has 0 radical (unpaired) electrons. The van der Waals surface area contributed by atoms with Gasteiger partial charge < -0.3 is 14.8 Å². The van der Waals surface area contributed by atoms with Crippen molar-refractivity contribution in [2.24, 2.45) is 4.99 Å². The number of nitrogens with zero attached hydrogens (tertiary/aromatic N) is 1. The standard InChI is InChI=1S/C29H30N2O4/c1-34-27(32)20-19-26(18-11-21-30-29(33)35-22-23-12-5-2-6-13-23)31-28(24-14-7-3-8-15-24)25-16-9-4-10-17-25/h2-10,12-17,19-20,26H,11,18,21-22H2,1H3,(H,30,33)/b20-19-/t26-/m0/s1. The van der Waals surface area contributed by atoms with Gasteiger partial charge >= 0.3 is 12.1 Å². The number of hydrogen-bond donors (Lipinski definition) is 1.